The number of carbonyl (C=O) groups is 2. The first-order valence-electron chi connectivity index (χ1n) is 7.05. The van der Waals surface area contributed by atoms with Gasteiger partial charge in [-0.1, -0.05) is 0 Å². The summed E-state index contributed by atoms with van der Waals surface area (Å²) in [5.74, 6) is -5.79. The zero-order chi connectivity index (χ0) is 16.3. The number of carboxylic acids is 1. The van der Waals surface area contributed by atoms with Crippen LogP contribution < -0.4 is 0 Å². The summed E-state index contributed by atoms with van der Waals surface area (Å²) in [6.07, 6.45) is -3.51. The monoisotopic (exact) mass is 325 g/mol. The van der Waals surface area contributed by atoms with E-state index in [4.69, 9.17) is 14.6 Å². The molecule has 22 heavy (non-hydrogen) atoms. The summed E-state index contributed by atoms with van der Waals surface area (Å²) in [5.41, 5.74) is 0. The topological polar surface area (TPSA) is 76.1 Å². The van der Waals surface area contributed by atoms with Crippen LogP contribution in [0, 0.1) is 11.8 Å². The van der Waals surface area contributed by atoms with Crippen LogP contribution >= 0.6 is 0 Å². The molecule has 6 nitrogen and oxygen atoms in total. The molecule has 0 spiro atoms. The van der Waals surface area contributed by atoms with E-state index in [0.29, 0.717) is 26.1 Å². The lowest BCUT2D eigenvalue weighted by Gasteiger charge is -2.23. The van der Waals surface area contributed by atoms with Gasteiger partial charge in [0.25, 0.3) is 0 Å². The second-order valence-corrected chi connectivity index (χ2v) is 5.51. The molecule has 2 atom stereocenters. The van der Waals surface area contributed by atoms with Crippen LogP contribution in [0.2, 0.25) is 0 Å². The maximum atomic E-state index is 12.8. The van der Waals surface area contributed by atoms with Gasteiger partial charge in [0, 0.05) is 26.3 Å². The molecule has 0 aromatic rings. The Hall–Kier alpha value is -1.35. The smallest absolute Gasteiger partial charge is 0.394 e. The number of halogens is 3. The van der Waals surface area contributed by atoms with Gasteiger partial charge in [0.1, 0.15) is 6.61 Å². The number of rotatable bonds is 4. The van der Waals surface area contributed by atoms with Gasteiger partial charge in [0.05, 0.1) is 17.9 Å². The summed E-state index contributed by atoms with van der Waals surface area (Å²) < 4.78 is 49.0. The number of amides is 1. The minimum Gasteiger partial charge on any atom is -0.481 e. The minimum absolute atomic E-state index is 0.144. The summed E-state index contributed by atoms with van der Waals surface area (Å²) in [4.78, 5) is 23.8. The zero-order valence-electron chi connectivity index (χ0n) is 11.8. The van der Waals surface area contributed by atoms with Crippen LogP contribution in [0.5, 0.6) is 0 Å². The van der Waals surface area contributed by atoms with Crippen molar-refractivity contribution in [2.45, 2.75) is 25.1 Å². The molecule has 2 aliphatic heterocycles. The number of likely N-dealkylation sites (tertiary alicyclic amines) is 1. The molecule has 2 rings (SSSR count). The van der Waals surface area contributed by atoms with Crippen LogP contribution in [-0.2, 0) is 19.1 Å². The largest absolute Gasteiger partial charge is 0.481 e. The Kier molecular flexibility index (Phi) is 5.28. The first-order chi connectivity index (χ1) is 10.3. The number of ether oxygens (including phenoxy) is 2. The molecule has 126 valence electrons. The molecule has 0 aromatic carbocycles. The molecule has 0 radical (unpaired) electrons. The van der Waals surface area contributed by atoms with Crippen molar-refractivity contribution in [3.63, 3.8) is 0 Å². The summed E-state index contributed by atoms with van der Waals surface area (Å²) >= 11 is 0. The average Bonchev–Trinajstić information content (AvgIpc) is 2.91. The van der Waals surface area contributed by atoms with Crippen LogP contribution in [0.1, 0.15) is 12.8 Å². The van der Waals surface area contributed by atoms with Crippen molar-refractivity contribution < 1.29 is 37.3 Å². The second-order valence-electron chi connectivity index (χ2n) is 5.51. The second kappa shape index (κ2) is 6.82. The number of alkyl halides is 3. The maximum absolute atomic E-state index is 12.8. The van der Waals surface area contributed by atoms with E-state index >= 15 is 0 Å². The first kappa shape index (κ1) is 17.0. The van der Waals surface area contributed by atoms with Gasteiger partial charge in [-0.05, 0) is 12.8 Å². The van der Waals surface area contributed by atoms with E-state index in [0.717, 1.165) is 4.90 Å². The van der Waals surface area contributed by atoms with Crippen molar-refractivity contribution in [3.05, 3.63) is 0 Å². The lowest BCUT2D eigenvalue weighted by molar-refractivity contribution is -0.188. The highest BCUT2D eigenvalue weighted by atomic mass is 19.4. The fraction of sp³-hybridized carbons (Fsp3) is 0.846. The molecule has 1 amide bonds. The van der Waals surface area contributed by atoms with Gasteiger partial charge in [-0.2, -0.15) is 13.2 Å². The molecule has 0 bridgehead atoms. The van der Waals surface area contributed by atoms with Crippen molar-refractivity contribution in [2.75, 3.05) is 32.9 Å². The molecular weight excluding hydrogens is 307 g/mol. The Morgan fingerprint density at radius 1 is 1.23 bits per heavy atom. The van der Waals surface area contributed by atoms with E-state index < -0.39 is 43.0 Å². The summed E-state index contributed by atoms with van der Waals surface area (Å²) in [7, 11) is 0. The van der Waals surface area contributed by atoms with Crippen molar-refractivity contribution in [1.82, 2.24) is 4.90 Å². The Balaban J connectivity index is 1.89. The molecule has 0 saturated carbocycles. The van der Waals surface area contributed by atoms with Crippen LogP contribution in [0.25, 0.3) is 0 Å². The zero-order valence-corrected chi connectivity index (χ0v) is 11.8. The van der Waals surface area contributed by atoms with E-state index in [1.807, 2.05) is 0 Å². The summed E-state index contributed by atoms with van der Waals surface area (Å²) in [5, 5.41) is 8.90. The molecular formula is C13H18F3NO5. The highest BCUT2D eigenvalue weighted by Gasteiger charge is 2.53. The predicted octanol–water partition coefficient (Wildman–Crippen LogP) is 0.903. The first-order valence-corrected chi connectivity index (χ1v) is 7.05. The quantitative estimate of drug-likeness (QED) is 0.831. The molecule has 9 heteroatoms. The predicted molar refractivity (Wildman–Crippen MR) is 67.0 cm³/mol. The number of hydrogen-bond donors (Lipinski definition) is 1. The number of carboxylic acid groups (broad SMARTS) is 1. The number of nitrogens with zero attached hydrogens (tertiary/aromatic N) is 1. The Labute approximate surface area is 125 Å². The third-order valence-electron chi connectivity index (χ3n) is 4.02. The third-order valence-corrected chi connectivity index (χ3v) is 4.02. The van der Waals surface area contributed by atoms with Gasteiger partial charge in [-0.3, -0.25) is 9.59 Å². The normalized spacial score (nSPS) is 27.1. The molecule has 2 saturated heterocycles. The van der Waals surface area contributed by atoms with E-state index in [1.165, 1.54) is 0 Å². The van der Waals surface area contributed by atoms with Gasteiger partial charge in [-0.15, -0.1) is 0 Å². The molecule has 0 aliphatic carbocycles. The number of carbonyl (C=O) groups excluding carboxylic acids is 1. The van der Waals surface area contributed by atoms with Crippen LogP contribution in [0.15, 0.2) is 0 Å². The van der Waals surface area contributed by atoms with Crippen molar-refractivity contribution in [1.29, 1.82) is 0 Å². The Bertz CT molecular complexity index is 422. The fourth-order valence-corrected chi connectivity index (χ4v) is 2.71. The van der Waals surface area contributed by atoms with Crippen molar-refractivity contribution in [2.24, 2.45) is 11.8 Å². The average molecular weight is 325 g/mol. The Morgan fingerprint density at radius 3 is 2.36 bits per heavy atom. The highest BCUT2D eigenvalue weighted by Crippen LogP contribution is 2.37. The molecule has 2 heterocycles. The molecule has 1 N–H and O–H groups in total. The summed E-state index contributed by atoms with van der Waals surface area (Å²) in [6, 6.07) is 0. The molecule has 2 fully saturated rings. The van der Waals surface area contributed by atoms with Gasteiger partial charge in [0.2, 0.25) is 5.91 Å². The van der Waals surface area contributed by atoms with E-state index in [9.17, 15) is 22.8 Å². The van der Waals surface area contributed by atoms with Gasteiger partial charge in [-0.25, -0.2) is 0 Å². The summed E-state index contributed by atoms with van der Waals surface area (Å²) in [6.45, 7) is -0.340. The van der Waals surface area contributed by atoms with E-state index in [-0.39, 0.29) is 12.7 Å². The molecule has 0 aromatic heterocycles. The van der Waals surface area contributed by atoms with Gasteiger partial charge in [0.15, 0.2) is 0 Å². The lowest BCUT2D eigenvalue weighted by Crippen LogP contribution is -2.36. The van der Waals surface area contributed by atoms with Crippen LogP contribution in [-0.4, -0.2) is 67.1 Å². The van der Waals surface area contributed by atoms with Crippen molar-refractivity contribution >= 4 is 11.9 Å². The van der Waals surface area contributed by atoms with Gasteiger partial charge < -0.3 is 19.5 Å². The maximum Gasteiger partial charge on any atom is 0.394 e. The number of hydrogen-bond acceptors (Lipinski definition) is 4. The molecule has 0 unspecified atom stereocenters. The minimum atomic E-state index is -4.64. The van der Waals surface area contributed by atoms with E-state index in [2.05, 4.69) is 0 Å². The van der Waals surface area contributed by atoms with Gasteiger partial charge >= 0.3 is 12.1 Å². The molecule has 2 aliphatic rings. The number of aliphatic carboxylic acids is 1. The SMILES string of the molecule is O=C(O)[C@@H]1CN(C(=O)COC2CCOCC2)C[C@H]1C(F)(F)F. The fourth-order valence-electron chi connectivity index (χ4n) is 2.71. The third kappa shape index (κ3) is 4.10. The van der Waals surface area contributed by atoms with E-state index in [1.54, 1.807) is 0 Å². The lowest BCUT2D eigenvalue weighted by atomic mass is 9.96. The standard InChI is InChI=1S/C13H18F3NO5/c14-13(15,16)10-6-17(5-9(10)12(19)20)11(18)7-22-8-1-3-21-4-2-8/h8-10H,1-7H2,(H,19,20)/t9-,10-/m1/s1. The van der Waals surface area contributed by atoms with Crippen LogP contribution in [0.3, 0.4) is 0 Å². The van der Waals surface area contributed by atoms with Crippen LogP contribution in [0.4, 0.5) is 13.2 Å². The highest BCUT2D eigenvalue weighted by molar-refractivity contribution is 5.80. The Morgan fingerprint density at radius 2 is 1.86 bits per heavy atom. The van der Waals surface area contributed by atoms with Crippen molar-refractivity contribution in [3.8, 4) is 0 Å².